The van der Waals surface area contributed by atoms with E-state index in [4.69, 9.17) is 5.73 Å². The Labute approximate surface area is 125 Å². The first kappa shape index (κ1) is 14.4. The highest BCUT2D eigenvalue weighted by Crippen LogP contribution is 2.31. The Morgan fingerprint density at radius 1 is 1.43 bits per heavy atom. The van der Waals surface area contributed by atoms with E-state index in [1.54, 1.807) is 4.68 Å². The summed E-state index contributed by atoms with van der Waals surface area (Å²) < 4.78 is 1.69. The largest absolute Gasteiger partial charge is 0.395 e. The number of rotatable bonds is 5. The van der Waals surface area contributed by atoms with Gasteiger partial charge >= 0.3 is 0 Å². The van der Waals surface area contributed by atoms with Crippen molar-refractivity contribution in [3.05, 3.63) is 11.4 Å². The van der Waals surface area contributed by atoms with Crippen molar-refractivity contribution in [2.45, 2.75) is 45.7 Å². The molecule has 1 aromatic rings. The Bertz CT molecular complexity index is 534. The normalized spacial score (nSPS) is 22.7. The van der Waals surface area contributed by atoms with E-state index in [0.717, 1.165) is 24.8 Å². The number of carbonyl (C=O) groups excluding carboxylic acids is 1. The van der Waals surface area contributed by atoms with Crippen LogP contribution in [0.2, 0.25) is 0 Å². The molecule has 0 spiro atoms. The lowest BCUT2D eigenvalue weighted by atomic mass is 10.1. The summed E-state index contributed by atoms with van der Waals surface area (Å²) in [4.78, 5) is 14.9. The van der Waals surface area contributed by atoms with Crippen LogP contribution in [0.4, 0.5) is 5.69 Å². The zero-order valence-corrected chi connectivity index (χ0v) is 12.9. The van der Waals surface area contributed by atoms with Gasteiger partial charge in [0.25, 0.3) is 5.91 Å². The molecule has 1 saturated carbocycles. The number of aromatic nitrogens is 2. The second-order valence-corrected chi connectivity index (χ2v) is 6.25. The number of hydrogen-bond donors (Lipinski definition) is 2. The maximum Gasteiger partial charge on any atom is 0.271 e. The number of hydrogen-bond acceptors (Lipinski definition) is 4. The summed E-state index contributed by atoms with van der Waals surface area (Å²) in [5, 5.41) is 7.34. The molecule has 0 bridgehead atoms. The molecular weight excluding hydrogens is 266 g/mol. The van der Waals surface area contributed by atoms with Crippen molar-refractivity contribution in [2.24, 2.45) is 5.92 Å². The summed E-state index contributed by atoms with van der Waals surface area (Å²) in [6, 6.07) is 0.825. The monoisotopic (exact) mass is 291 g/mol. The van der Waals surface area contributed by atoms with Gasteiger partial charge in [0.05, 0.1) is 11.4 Å². The zero-order valence-electron chi connectivity index (χ0n) is 12.9. The molecule has 1 unspecified atom stereocenters. The number of nitrogens with one attached hydrogen (secondary N) is 1. The Balaban J connectivity index is 1.57. The van der Waals surface area contributed by atoms with Gasteiger partial charge in [-0.25, -0.2) is 0 Å². The molecule has 1 aliphatic heterocycles. The number of nitrogen functional groups attached to an aromatic ring is 1. The van der Waals surface area contributed by atoms with Crippen LogP contribution in [0.25, 0.3) is 0 Å². The topological polar surface area (TPSA) is 76.2 Å². The third-order valence-corrected chi connectivity index (χ3v) is 4.62. The second-order valence-electron chi connectivity index (χ2n) is 6.25. The van der Waals surface area contributed by atoms with Crippen molar-refractivity contribution in [3.63, 3.8) is 0 Å². The molecule has 21 heavy (non-hydrogen) atoms. The van der Waals surface area contributed by atoms with E-state index in [1.165, 1.54) is 25.8 Å². The predicted octanol–water partition coefficient (Wildman–Crippen LogP) is 1.01. The number of amides is 1. The highest BCUT2D eigenvalue weighted by Gasteiger charge is 2.34. The molecule has 1 aromatic heterocycles. The van der Waals surface area contributed by atoms with E-state index < -0.39 is 0 Å². The van der Waals surface area contributed by atoms with Gasteiger partial charge in [-0.3, -0.25) is 9.48 Å². The lowest BCUT2D eigenvalue weighted by Gasteiger charge is -2.15. The number of likely N-dealkylation sites (tertiary alicyclic amines) is 1. The Morgan fingerprint density at radius 2 is 2.19 bits per heavy atom. The summed E-state index contributed by atoms with van der Waals surface area (Å²) in [5.74, 6) is 0.467. The van der Waals surface area contributed by atoms with Crippen molar-refractivity contribution in [3.8, 4) is 0 Å². The van der Waals surface area contributed by atoms with E-state index in [1.807, 2.05) is 13.8 Å². The summed E-state index contributed by atoms with van der Waals surface area (Å²) in [6.07, 6.45) is 3.88. The second kappa shape index (κ2) is 5.67. The lowest BCUT2D eigenvalue weighted by Crippen LogP contribution is -2.33. The van der Waals surface area contributed by atoms with Crippen molar-refractivity contribution >= 4 is 11.6 Å². The SMILES string of the molecule is CCn1nc(C)c(N)c1C(=O)NCC1CCN(C2CC2)C1. The number of aryl methyl sites for hydroxylation is 2. The van der Waals surface area contributed by atoms with Crippen LogP contribution in [0, 0.1) is 12.8 Å². The molecule has 3 rings (SSSR count). The van der Waals surface area contributed by atoms with Crippen LogP contribution in [-0.4, -0.2) is 46.3 Å². The van der Waals surface area contributed by atoms with Crippen LogP contribution in [0.1, 0.15) is 42.4 Å². The van der Waals surface area contributed by atoms with E-state index in [2.05, 4.69) is 15.3 Å². The highest BCUT2D eigenvalue weighted by molar-refractivity contribution is 5.97. The molecule has 2 aliphatic rings. The van der Waals surface area contributed by atoms with Crippen LogP contribution in [-0.2, 0) is 6.54 Å². The molecule has 116 valence electrons. The lowest BCUT2D eigenvalue weighted by molar-refractivity contribution is 0.0937. The quantitative estimate of drug-likeness (QED) is 0.849. The van der Waals surface area contributed by atoms with Gasteiger partial charge in [-0.05, 0) is 45.6 Å². The molecular formula is C15H25N5O. The molecule has 6 heteroatoms. The van der Waals surface area contributed by atoms with Crippen molar-refractivity contribution in [1.29, 1.82) is 0 Å². The van der Waals surface area contributed by atoms with Gasteiger partial charge in [-0.1, -0.05) is 0 Å². The smallest absolute Gasteiger partial charge is 0.271 e. The van der Waals surface area contributed by atoms with Gasteiger partial charge in [-0.2, -0.15) is 5.10 Å². The fourth-order valence-corrected chi connectivity index (χ4v) is 3.18. The minimum atomic E-state index is -0.0974. The van der Waals surface area contributed by atoms with E-state index in [9.17, 15) is 4.79 Å². The van der Waals surface area contributed by atoms with Crippen molar-refractivity contribution in [2.75, 3.05) is 25.4 Å². The highest BCUT2D eigenvalue weighted by atomic mass is 16.2. The van der Waals surface area contributed by atoms with Crippen LogP contribution >= 0.6 is 0 Å². The van der Waals surface area contributed by atoms with E-state index in [0.29, 0.717) is 23.8 Å². The molecule has 1 atom stereocenters. The van der Waals surface area contributed by atoms with Gasteiger partial charge in [-0.15, -0.1) is 0 Å². The predicted molar refractivity (Wildman–Crippen MR) is 82.1 cm³/mol. The average Bonchev–Trinajstić information content (AvgIpc) is 3.15. The molecule has 1 saturated heterocycles. The summed E-state index contributed by atoms with van der Waals surface area (Å²) in [7, 11) is 0. The Morgan fingerprint density at radius 3 is 2.86 bits per heavy atom. The van der Waals surface area contributed by atoms with Crippen molar-refractivity contribution < 1.29 is 4.79 Å². The first-order valence-corrected chi connectivity index (χ1v) is 7.95. The number of nitrogens with zero attached hydrogens (tertiary/aromatic N) is 3. The van der Waals surface area contributed by atoms with Crippen LogP contribution < -0.4 is 11.1 Å². The number of nitrogens with two attached hydrogens (primary N) is 1. The summed E-state index contributed by atoms with van der Waals surface area (Å²) in [6.45, 7) is 7.48. The van der Waals surface area contributed by atoms with E-state index >= 15 is 0 Å². The zero-order chi connectivity index (χ0) is 15.0. The maximum atomic E-state index is 12.4. The molecule has 6 nitrogen and oxygen atoms in total. The van der Waals surface area contributed by atoms with Crippen LogP contribution in [0.15, 0.2) is 0 Å². The van der Waals surface area contributed by atoms with Gasteiger partial charge in [0.15, 0.2) is 0 Å². The van der Waals surface area contributed by atoms with Crippen molar-refractivity contribution in [1.82, 2.24) is 20.0 Å². The molecule has 0 aromatic carbocycles. The van der Waals surface area contributed by atoms with Crippen LogP contribution in [0.5, 0.6) is 0 Å². The number of carbonyl (C=O) groups is 1. The minimum Gasteiger partial charge on any atom is -0.395 e. The molecule has 2 heterocycles. The Hall–Kier alpha value is -1.56. The molecule has 1 aliphatic carbocycles. The van der Waals surface area contributed by atoms with Gasteiger partial charge in [0, 0.05) is 25.7 Å². The molecule has 0 radical (unpaired) electrons. The summed E-state index contributed by atoms with van der Waals surface area (Å²) in [5.41, 5.74) is 7.71. The van der Waals surface area contributed by atoms with Gasteiger partial charge in [0.2, 0.25) is 0 Å². The van der Waals surface area contributed by atoms with Gasteiger partial charge < -0.3 is 16.0 Å². The van der Waals surface area contributed by atoms with Crippen LogP contribution in [0.3, 0.4) is 0 Å². The first-order valence-electron chi connectivity index (χ1n) is 7.95. The maximum absolute atomic E-state index is 12.4. The third kappa shape index (κ3) is 2.90. The minimum absolute atomic E-state index is 0.0974. The third-order valence-electron chi connectivity index (χ3n) is 4.62. The molecule has 2 fully saturated rings. The number of anilines is 1. The summed E-state index contributed by atoms with van der Waals surface area (Å²) >= 11 is 0. The van der Waals surface area contributed by atoms with Gasteiger partial charge in [0.1, 0.15) is 5.69 Å². The molecule has 3 N–H and O–H groups in total. The first-order chi connectivity index (χ1) is 10.1. The van der Waals surface area contributed by atoms with E-state index in [-0.39, 0.29) is 5.91 Å². The Kier molecular flexibility index (Phi) is 3.89. The average molecular weight is 291 g/mol. The molecule has 1 amide bonds. The fraction of sp³-hybridized carbons (Fsp3) is 0.733. The fourth-order valence-electron chi connectivity index (χ4n) is 3.18. The standard InChI is InChI=1S/C15H25N5O/c1-3-20-14(13(16)10(2)18-20)15(21)17-8-11-6-7-19(9-11)12-4-5-12/h11-12H,3-9,16H2,1-2H3,(H,17,21).